The third kappa shape index (κ3) is 5.99. The molecule has 0 aliphatic rings. The normalized spacial score (nSPS) is 12.6. The van der Waals surface area contributed by atoms with E-state index in [4.69, 9.17) is 25.6 Å². The molecule has 2 unspecified atom stereocenters. The number of benzene rings is 2. The summed E-state index contributed by atoms with van der Waals surface area (Å²) in [5.74, 6) is 0.428. The van der Waals surface area contributed by atoms with Crippen LogP contribution in [0.25, 0.3) is 0 Å². The van der Waals surface area contributed by atoms with Gasteiger partial charge in [0.15, 0.2) is 11.8 Å². The molecule has 0 aliphatic carbocycles. The highest BCUT2D eigenvalue weighted by molar-refractivity contribution is 7.34. The second-order valence-electron chi connectivity index (χ2n) is 5.59. The lowest BCUT2D eigenvalue weighted by Gasteiger charge is -2.11. The first-order valence-corrected chi connectivity index (χ1v) is 9.45. The monoisotopic (exact) mass is 395 g/mol. The Hall–Kier alpha value is -2.14. The van der Waals surface area contributed by atoms with E-state index in [0.29, 0.717) is 16.5 Å². The van der Waals surface area contributed by atoms with Crippen molar-refractivity contribution in [2.24, 2.45) is 4.74 Å². The Bertz CT molecular complexity index is 797. The van der Waals surface area contributed by atoms with Crippen molar-refractivity contribution in [3.63, 3.8) is 0 Å². The highest BCUT2D eigenvalue weighted by Gasteiger charge is 2.20. The number of para-hydroxylation sites is 3. The number of hydrogen-bond donors (Lipinski definition) is 0. The number of esters is 1. The van der Waals surface area contributed by atoms with Gasteiger partial charge in [-0.3, -0.25) is 4.52 Å². The van der Waals surface area contributed by atoms with Crippen LogP contribution >= 0.6 is 19.8 Å². The molecule has 2 aromatic carbocycles. The summed E-state index contributed by atoms with van der Waals surface area (Å²) >= 11 is 6.08. The molecule has 0 radical (unpaired) electrons. The van der Waals surface area contributed by atoms with Gasteiger partial charge in [-0.2, -0.15) is 0 Å². The molecule has 0 amide bonds. The quantitative estimate of drug-likeness (QED) is 0.501. The van der Waals surface area contributed by atoms with E-state index in [1.165, 1.54) is 6.92 Å². The van der Waals surface area contributed by atoms with Gasteiger partial charge < -0.3 is 14.4 Å². The van der Waals surface area contributed by atoms with Crippen LogP contribution in [0.4, 0.5) is 0 Å². The van der Waals surface area contributed by atoms with Crippen molar-refractivity contribution in [1.82, 2.24) is 0 Å². The van der Waals surface area contributed by atoms with E-state index >= 15 is 0 Å². The molecular formula is C18H19ClNO5P. The standard InChI is InChI=1S/C18H19ClNO5P/c1-12(2)23-18(21)13(3)20-26(22)25-17-11-7-6-10-16(17)24-15-9-5-4-8-14(15)19/h4-13H,1-3H3. The molecule has 2 aromatic rings. The minimum Gasteiger partial charge on any atom is -0.575 e. The van der Waals surface area contributed by atoms with Crippen molar-refractivity contribution in [3.8, 4) is 17.2 Å². The first kappa shape index (κ1) is 20.2. The lowest BCUT2D eigenvalue weighted by Crippen LogP contribution is -2.21. The molecule has 138 valence electrons. The zero-order chi connectivity index (χ0) is 19.1. The molecule has 0 fully saturated rings. The second-order valence-corrected chi connectivity index (χ2v) is 6.88. The van der Waals surface area contributed by atoms with Gasteiger partial charge in [0, 0.05) is 0 Å². The largest absolute Gasteiger partial charge is 0.575 e. The van der Waals surface area contributed by atoms with Gasteiger partial charge in [0.25, 0.3) is 0 Å². The van der Waals surface area contributed by atoms with Crippen molar-refractivity contribution in [2.45, 2.75) is 32.9 Å². The van der Waals surface area contributed by atoms with Crippen molar-refractivity contribution in [3.05, 3.63) is 53.6 Å². The summed E-state index contributed by atoms with van der Waals surface area (Å²) in [7, 11) is -2.49. The molecule has 0 heterocycles. The van der Waals surface area contributed by atoms with E-state index < -0.39 is 20.2 Å². The van der Waals surface area contributed by atoms with Crippen LogP contribution in [0.15, 0.2) is 53.3 Å². The fourth-order valence-electron chi connectivity index (χ4n) is 1.88. The van der Waals surface area contributed by atoms with Crippen LogP contribution in [0.3, 0.4) is 0 Å². The molecule has 0 aromatic heterocycles. The number of ether oxygens (including phenoxy) is 2. The van der Waals surface area contributed by atoms with Gasteiger partial charge >= 0.3 is 14.1 Å². The molecule has 0 spiro atoms. The highest BCUT2D eigenvalue weighted by atomic mass is 35.5. The number of carbonyl (C=O) groups excluding carboxylic acids is 1. The molecule has 26 heavy (non-hydrogen) atoms. The summed E-state index contributed by atoms with van der Waals surface area (Å²) < 4.78 is 19.9. The molecule has 0 N–H and O–H groups in total. The van der Waals surface area contributed by atoms with Crippen LogP contribution < -0.4 is 14.2 Å². The Morgan fingerprint density at radius 2 is 1.62 bits per heavy atom. The number of hydrogen-bond acceptors (Lipinski definition) is 6. The van der Waals surface area contributed by atoms with Gasteiger partial charge in [-0.1, -0.05) is 40.6 Å². The van der Waals surface area contributed by atoms with E-state index in [2.05, 4.69) is 4.74 Å². The minimum atomic E-state index is -2.49. The first-order valence-electron chi connectivity index (χ1n) is 7.94. The van der Waals surface area contributed by atoms with Crippen LogP contribution in [0.1, 0.15) is 20.8 Å². The molecule has 0 saturated heterocycles. The van der Waals surface area contributed by atoms with E-state index in [1.807, 2.05) is 0 Å². The summed E-state index contributed by atoms with van der Waals surface area (Å²) in [6, 6.07) is 12.7. The Kier molecular flexibility index (Phi) is 7.39. The van der Waals surface area contributed by atoms with Crippen molar-refractivity contribution in [2.75, 3.05) is 0 Å². The average molecular weight is 396 g/mol. The molecular weight excluding hydrogens is 377 g/mol. The highest BCUT2D eigenvalue weighted by Crippen LogP contribution is 2.37. The maximum atomic E-state index is 12.2. The summed E-state index contributed by atoms with van der Waals surface area (Å²) in [5, 5.41) is 0.432. The van der Waals surface area contributed by atoms with Gasteiger partial charge in [0.2, 0.25) is 5.75 Å². The number of rotatable bonds is 7. The first-order chi connectivity index (χ1) is 12.4. The van der Waals surface area contributed by atoms with E-state index in [-0.39, 0.29) is 11.9 Å². The minimum absolute atomic E-state index is 0.224. The van der Waals surface area contributed by atoms with Gasteiger partial charge in [0.05, 0.1) is 11.1 Å². The fraction of sp³-hybridized carbons (Fsp3) is 0.278. The van der Waals surface area contributed by atoms with E-state index in [1.54, 1.807) is 62.4 Å². The lowest BCUT2D eigenvalue weighted by atomic mass is 10.3. The van der Waals surface area contributed by atoms with Gasteiger partial charge in [-0.05, 0) is 45.0 Å². The third-order valence-corrected chi connectivity index (χ3v) is 4.24. The average Bonchev–Trinajstić information content (AvgIpc) is 2.58. The number of carbonyl (C=O) groups is 1. The van der Waals surface area contributed by atoms with Crippen molar-refractivity contribution in [1.29, 1.82) is 0 Å². The Balaban J connectivity index is 2.13. The van der Waals surface area contributed by atoms with Gasteiger partial charge in [0.1, 0.15) is 5.75 Å². The molecule has 8 heteroatoms. The molecule has 6 nitrogen and oxygen atoms in total. The van der Waals surface area contributed by atoms with Crippen LogP contribution in [0.5, 0.6) is 17.2 Å². The zero-order valence-electron chi connectivity index (χ0n) is 14.6. The SMILES string of the molecule is CC(C)OC(=O)C(C)N=[P+]([O-])Oc1ccccc1Oc1ccccc1Cl. The van der Waals surface area contributed by atoms with Crippen LogP contribution in [0.2, 0.25) is 5.02 Å². The van der Waals surface area contributed by atoms with Gasteiger partial charge in [-0.15, -0.1) is 0 Å². The summed E-state index contributed by atoms with van der Waals surface area (Å²) in [5.41, 5.74) is 0. The predicted molar refractivity (Wildman–Crippen MR) is 98.6 cm³/mol. The lowest BCUT2D eigenvalue weighted by molar-refractivity contribution is -0.170. The Morgan fingerprint density at radius 1 is 1.04 bits per heavy atom. The zero-order valence-corrected chi connectivity index (χ0v) is 16.2. The molecule has 0 aliphatic heterocycles. The maximum absolute atomic E-state index is 12.2. The molecule has 2 atom stereocenters. The number of halogens is 1. The Morgan fingerprint density at radius 3 is 2.23 bits per heavy atom. The maximum Gasteiger partial charge on any atom is 0.395 e. The Labute approximate surface area is 158 Å². The van der Waals surface area contributed by atoms with Crippen molar-refractivity contribution >= 4 is 25.7 Å². The van der Waals surface area contributed by atoms with Gasteiger partial charge in [-0.25, -0.2) is 4.79 Å². The van der Waals surface area contributed by atoms with Crippen LogP contribution in [-0.4, -0.2) is 18.1 Å². The summed E-state index contributed by atoms with van der Waals surface area (Å²) in [6.07, 6.45) is -0.274. The molecule has 0 bridgehead atoms. The van der Waals surface area contributed by atoms with Crippen molar-refractivity contribution < 1.29 is 23.7 Å². The van der Waals surface area contributed by atoms with E-state index in [9.17, 15) is 9.69 Å². The predicted octanol–water partition coefficient (Wildman–Crippen LogP) is 4.71. The second kappa shape index (κ2) is 9.53. The van der Waals surface area contributed by atoms with E-state index in [0.717, 1.165) is 0 Å². The molecule has 2 rings (SSSR count). The molecule has 0 saturated carbocycles. The number of nitrogens with zero attached hydrogens (tertiary/aromatic N) is 1. The van der Waals surface area contributed by atoms with Crippen LogP contribution in [0, 0.1) is 0 Å². The third-order valence-electron chi connectivity index (χ3n) is 3.04. The summed E-state index contributed by atoms with van der Waals surface area (Å²) in [6.45, 7) is 4.94. The smallest absolute Gasteiger partial charge is 0.395 e. The topological polar surface area (TPSA) is 80.2 Å². The fourth-order valence-corrected chi connectivity index (χ4v) is 2.80. The summed E-state index contributed by atoms with van der Waals surface area (Å²) in [4.78, 5) is 23.9. The van der Waals surface area contributed by atoms with Crippen LogP contribution in [-0.2, 0) is 9.53 Å².